The minimum atomic E-state index is -0.109. The largest absolute Gasteiger partial charge is 0.392 e. The van der Waals surface area contributed by atoms with E-state index < -0.39 is 0 Å². The highest BCUT2D eigenvalue weighted by atomic mass is 16.3. The highest BCUT2D eigenvalue weighted by Gasteiger charge is 2.50. The first kappa shape index (κ1) is 10.2. The van der Waals surface area contributed by atoms with Crippen LogP contribution in [0.2, 0.25) is 0 Å². The molecule has 0 amide bonds. The van der Waals surface area contributed by atoms with Crippen molar-refractivity contribution < 1.29 is 5.11 Å². The average molecular weight is 194 g/mol. The van der Waals surface area contributed by atoms with Crippen LogP contribution >= 0.6 is 0 Å². The maximum Gasteiger partial charge on any atom is 0.0638 e. The third-order valence-corrected chi connectivity index (χ3v) is 4.56. The lowest BCUT2D eigenvalue weighted by Gasteiger charge is -2.53. The second-order valence-electron chi connectivity index (χ2n) is 5.59. The maximum absolute atomic E-state index is 10.3. The summed E-state index contributed by atoms with van der Waals surface area (Å²) < 4.78 is 0. The third kappa shape index (κ3) is 1.33. The second kappa shape index (κ2) is 3.37. The summed E-state index contributed by atoms with van der Waals surface area (Å²) in [6.07, 6.45) is 11.6. The van der Waals surface area contributed by atoms with Crippen molar-refractivity contribution in [3.05, 3.63) is 12.2 Å². The van der Waals surface area contributed by atoms with Crippen LogP contribution in [0.3, 0.4) is 0 Å². The molecule has 1 saturated carbocycles. The predicted octanol–water partition coefficient (Wildman–Crippen LogP) is 3.28. The van der Waals surface area contributed by atoms with Crippen LogP contribution in [0.1, 0.15) is 52.4 Å². The molecule has 0 aromatic carbocycles. The Labute approximate surface area is 87.2 Å². The van der Waals surface area contributed by atoms with E-state index in [0.717, 1.165) is 6.42 Å². The molecule has 0 aromatic heterocycles. The molecule has 0 aliphatic heterocycles. The molecule has 1 nitrogen and oxygen atoms in total. The zero-order chi connectivity index (χ0) is 10.2. The van der Waals surface area contributed by atoms with Crippen molar-refractivity contribution in [3.63, 3.8) is 0 Å². The highest BCUT2D eigenvalue weighted by Crippen LogP contribution is 2.55. The van der Waals surface area contributed by atoms with E-state index in [1.54, 1.807) is 0 Å². The van der Waals surface area contributed by atoms with Gasteiger partial charge in [-0.3, -0.25) is 0 Å². The molecule has 80 valence electrons. The SMILES string of the molecule is CC1(C)C=CCC(O)C12CCCCC2. The molecule has 14 heavy (non-hydrogen) atoms. The minimum Gasteiger partial charge on any atom is -0.392 e. The van der Waals surface area contributed by atoms with E-state index in [9.17, 15) is 5.11 Å². The molecule has 1 heteroatoms. The topological polar surface area (TPSA) is 20.2 Å². The maximum atomic E-state index is 10.3. The van der Waals surface area contributed by atoms with Gasteiger partial charge in [-0.1, -0.05) is 45.3 Å². The van der Waals surface area contributed by atoms with Crippen LogP contribution in [0.25, 0.3) is 0 Å². The molecule has 1 atom stereocenters. The average Bonchev–Trinajstić information content (AvgIpc) is 2.16. The summed E-state index contributed by atoms with van der Waals surface area (Å²) in [6, 6.07) is 0. The van der Waals surface area contributed by atoms with Gasteiger partial charge >= 0.3 is 0 Å². The molecule has 0 radical (unpaired) electrons. The van der Waals surface area contributed by atoms with Gasteiger partial charge < -0.3 is 5.11 Å². The number of aliphatic hydroxyl groups excluding tert-OH is 1. The van der Waals surface area contributed by atoms with Crippen molar-refractivity contribution in [2.24, 2.45) is 10.8 Å². The molecule has 2 aliphatic rings. The Balaban J connectivity index is 2.32. The fourth-order valence-electron chi connectivity index (χ4n) is 3.47. The van der Waals surface area contributed by atoms with Crippen LogP contribution in [0, 0.1) is 10.8 Å². The van der Waals surface area contributed by atoms with Gasteiger partial charge in [-0.15, -0.1) is 0 Å². The van der Waals surface area contributed by atoms with Crippen molar-refractivity contribution in [2.75, 3.05) is 0 Å². The lowest BCUT2D eigenvalue weighted by Crippen LogP contribution is -2.49. The Bertz CT molecular complexity index is 234. The van der Waals surface area contributed by atoms with Gasteiger partial charge in [0.2, 0.25) is 0 Å². The number of aliphatic hydroxyl groups is 1. The molecule has 0 bridgehead atoms. The zero-order valence-electron chi connectivity index (χ0n) is 9.42. The smallest absolute Gasteiger partial charge is 0.0638 e. The molecule has 2 aliphatic carbocycles. The molecule has 2 rings (SSSR count). The van der Waals surface area contributed by atoms with Gasteiger partial charge in [0.1, 0.15) is 0 Å². The minimum absolute atomic E-state index is 0.109. The predicted molar refractivity (Wildman–Crippen MR) is 59.1 cm³/mol. The third-order valence-electron chi connectivity index (χ3n) is 4.56. The summed E-state index contributed by atoms with van der Waals surface area (Å²) in [4.78, 5) is 0. The van der Waals surface area contributed by atoms with Crippen LogP contribution in [0.4, 0.5) is 0 Å². The van der Waals surface area contributed by atoms with Crippen molar-refractivity contribution in [1.82, 2.24) is 0 Å². The number of rotatable bonds is 0. The van der Waals surface area contributed by atoms with Crippen LogP contribution in [0.15, 0.2) is 12.2 Å². The zero-order valence-corrected chi connectivity index (χ0v) is 9.42. The first-order valence-electron chi connectivity index (χ1n) is 5.94. The van der Waals surface area contributed by atoms with Crippen molar-refractivity contribution in [3.8, 4) is 0 Å². The molecular weight excluding hydrogens is 172 g/mol. The van der Waals surface area contributed by atoms with E-state index in [4.69, 9.17) is 0 Å². The van der Waals surface area contributed by atoms with Gasteiger partial charge in [-0.05, 0) is 24.7 Å². The monoisotopic (exact) mass is 194 g/mol. The lowest BCUT2D eigenvalue weighted by molar-refractivity contribution is -0.0733. The van der Waals surface area contributed by atoms with Gasteiger partial charge in [0, 0.05) is 5.41 Å². The molecule has 0 aromatic rings. The van der Waals surface area contributed by atoms with Gasteiger partial charge in [0.05, 0.1) is 6.10 Å². The Morgan fingerprint density at radius 2 is 1.79 bits per heavy atom. The Morgan fingerprint density at radius 3 is 2.36 bits per heavy atom. The fraction of sp³-hybridized carbons (Fsp3) is 0.846. The van der Waals surface area contributed by atoms with E-state index in [0.29, 0.717) is 0 Å². The first-order valence-corrected chi connectivity index (χ1v) is 5.94. The van der Waals surface area contributed by atoms with E-state index in [2.05, 4.69) is 26.0 Å². The molecule has 0 heterocycles. The number of allylic oxidation sites excluding steroid dienone is 1. The Kier molecular flexibility index (Phi) is 2.46. The van der Waals surface area contributed by atoms with Crippen LogP contribution < -0.4 is 0 Å². The van der Waals surface area contributed by atoms with E-state index in [1.807, 2.05) is 0 Å². The Hall–Kier alpha value is -0.300. The van der Waals surface area contributed by atoms with Crippen LogP contribution in [0.5, 0.6) is 0 Å². The summed E-state index contributed by atoms with van der Waals surface area (Å²) in [6.45, 7) is 4.58. The summed E-state index contributed by atoms with van der Waals surface area (Å²) in [7, 11) is 0. The van der Waals surface area contributed by atoms with Crippen molar-refractivity contribution in [1.29, 1.82) is 0 Å². The number of hydrogen-bond donors (Lipinski definition) is 1. The summed E-state index contributed by atoms with van der Waals surface area (Å²) in [5.74, 6) is 0. The fourth-order valence-corrected chi connectivity index (χ4v) is 3.47. The van der Waals surface area contributed by atoms with Crippen molar-refractivity contribution in [2.45, 2.75) is 58.5 Å². The quantitative estimate of drug-likeness (QED) is 0.587. The molecule has 1 fully saturated rings. The summed E-state index contributed by atoms with van der Waals surface area (Å²) in [5.41, 5.74) is 0.366. The lowest BCUT2D eigenvalue weighted by atomic mass is 9.53. The molecule has 1 N–H and O–H groups in total. The standard InChI is InChI=1S/C13H22O/c1-12(2)8-6-7-11(14)13(12)9-4-3-5-10-13/h6,8,11,14H,3-5,7,9-10H2,1-2H3. The van der Waals surface area contributed by atoms with Gasteiger partial charge in [-0.2, -0.15) is 0 Å². The summed E-state index contributed by atoms with van der Waals surface area (Å²) >= 11 is 0. The number of hydrogen-bond acceptors (Lipinski definition) is 1. The Morgan fingerprint density at radius 1 is 1.14 bits per heavy atom. The molecule has 0 saturated heterocycles. The second-order valence-corrected chi connectivity index (χ2v) is 5.59. The van der Waals surface area contributed by atoms with Gasteiger partial charge in [-0.25, -0.2) is 0 Å². The molecule has 1 spiro atoms. The first-order chi connectivity index (χ1) is 6.58. The normalized spacial score (nSPS) is 34.6. The molecule has 1 unspecified atom stereocenters. The van der Waals surface area contributed by atoms with E-state index >= 15 is 0 Å². The van der Waals surface area contributed by atoms with E-state index in [1.165, 1.54) is 32.1 Å². The van der Waals surface area contributed by atoms with Gasteiger partial charge in [0.15, 0.2) is 0 Å². The summed E-state index contributed by atoms with van der Waals surface area (Å²) in [5, 5.41) is 10.3. The van der Waals surface area contributed by atoms with Gasteiger partial charge in [0.25, 0.3) is 0 Å². The van der Waals surface area contributed by atoms with Crippen molar-refractivity contribution >= 4 is 0 Å². The van der Waals surface area contributed by atoms with Crippen LogP contribution in [-0.2, 0) is 0 Å². The molecular formula is C13H22O. The highest BCUT2D eigenvalue weighted by molar-refractivity contribution is 5.14. The van der Waals surface area contributed by atoms with Crippen LogP contribution in [-0.4, -0.2) is 11.2 Å². The van der Waals surface area contributed by atoms with E-state index in [-0.39, 0.29) is 16.9 Å².